The number of nitrogens with one attached hydrogen (secondary N) is 1. The summed E-state index contributed by atoms with van der Waals surface area (Å²) in [7, 11) is 4.64. The molecule has 0 aliphatic carbocycles. The Balaban J connectivity index is 1.93. The van der Waals surface area contributed by atoms with Gasteiger partial charge >= 0.3 is 0 Å². The fraction of sp³-hybridized carbons (Fsp3) is 0.238. The van der Waals surface area contributed by atoms with Crippen molar-refractivity contribution in [2.24, 2.45) is 0 Å². The molecule has 3 aromatic rings. The topological polar surface area (TPSA) is 74.6 Å². The van der Waals surface area contributed by atoms with Crippen molar-refractivity contribution in [3.63, 3.8) is 0 Å². The minimum absolute atomic E-state index is 0.160. The Hall–Kier alpha value is -3.20. The minimum Gasteiger partial charge on any atom is -0.493 e. The van der Waals surface area contributed by atoms with Crippen LogP contribution >= 0.6 is 11.8 Å². The first-order valence-electron chi connectivity index (χ1n) is 9.10. The molecule has 30 heavy (non-hydrogen) atoms. The summed E-state index contributed by atoms with van der Waals surface area (Å²) in [6.45, 7) is 0. The van der Waals surface area contributed by atoms with Gasteiger partial charge in [0.05, 0.1) is 38.0 Å². The number of hydrogen-bond donors (Lipinski definition) is 1. The van der Waals surface area contributed by atoms with Gasteiger partial charge in [0.2, 0.25) is 11.7 Å². The molecule has 4 rings (SSSR count). The molecule has 1 atom stereocenters. The quantitative estimate of drug-likeness (QED) is 0.665. The van der Waals surface area contributed by atoms with E-state index in [1.165, 1.54) is 31.0 Å². The van der Waals surface area contributed by atoms with Crippen molar-refractivity contribution in [3.05, 3.63) is 59.8 Å². The fourth-order valence-corrected chi connectivity index (χ4v) is 4.65. The third kappa shape index (κ3) is 3.45. The molecule has 0 radical (unpaired) electrons. The van der Waals surface area contributed by atoms with E-state index < -0.39 is 0 Å². The van der Waals surface area contributed by atoms with Crippen molar-refractivity contribution < 1.29 is 23.4 Å². The van der Waals surface area contributed by atoms with Crippen LogP contribution in [0.15, 0.2) is 42.7 Å². The van der Waals surface area contributed by atoms with Crippen LogP contribution in [0.2, 0.25) is 0 Å². The highest BCUT2D eigenvalue weighted by Gasteiger charge is 2.32. The number of thioether (sulfide) groups is 1. The molecule has 0 saturated carbocycles. The first kappa shape index (κ1) is 20.1. The van der Waals surface area contributed by atoms with Gasteiger partial charge in [-0.2, -0.15) is 0 Å². The zero-order chi connectivity index (χ0) is 21.3. The lowest BCUT2D eigenvalue weighted by Gasteiger charge is -2.22. The molecular weight excluding hydrogens is 409 g/mol. The summed E-state index contributed by atoms with van der Waals surface area (Å²) in [5.74, 6) is 1.62. The van der Waals surface area contributed by atoms with Gasteiger partial charge in [-0.1, -0.05) is 6.07 Å². The molecular formula is C21H20FN3O4S. The third-order valence-electron chi connectivity index (χ3n) is 4.80. The summed E-state index contributed by atoms with van der Waals surface area (Å²) in [6, 6.07) is 9.88. The molecule has 1 aliphatic heterocycles. The number of methoxy groups -OCH3 is 3. The molecule has 9 heteroatoms. The molecule has 2 heterocycles. The first-order valence-corrected chi connectivity index (χ1v) is 10.2. The Morgan fingerprint density at radius 1 is 1.13 bits per heavy atom. The van der Waals surface area contributed by atoms with Gasteiger partial charge in [0, 0.05) is 11.3 Å². The molecule has 0 fully saturated rings. The molecule has 0 bridgehead atoms. The molecule has 1 aliphatic rings. The van der Waals surface area contributed by atoms with Crippen molar-refractivity contribution >= 4 is 23.5 Å². The van der Waals surface area contributed by atoms with Gasteiger partial charge in [-0.05, 0) is 30.3 Å². The van der Waals surface area contributed by atoms with Crippen LogP contribution in [0.3, 0.4) is 0 Å². The molecule has 0 unspecified atom stereocenters. The second-order valence-corrected chi connectivity index (χ2v) is 7.58. The Morgan fingerprint density at radius 3 is 2.63 bits per heavy atom. The van der Waals surface area contributed by atoms with Crippen LogP contribution in [0.4, 0.5) is 10.2 Å². The molecule has 156 valence electrons. The maximum Gasteiger partial charge on any atom is 0.235 e. The Bertz CT molecular complexity index is 1100. The number of nitrogens with zero attached hydrogens (tertiary/aromatic N) is 2. The van der Waals surface area contributed by atoms with Gasteiger partial charge in [0.1, 0.15) is 12.1 Å². The van der Waals surface area contributed by atoms with Crippen LogP contribution in [-0.4, -0.2) is 42.5 Å². The van der Waals surface area contributed by atoms with Crippen LogP contribution in [0.5, 0.6) is 17.2 Å². The minimum atomic E-state index is -0.361. The zero-order valence-corrected chi connectivity index (χ0v) is 17.5. The second-order valence-electron chi connectivity index (χ2n) is 6.49. The number of benzene rings is 2. The molecule has 0 spiro atoms. The number of carbonyl (C=O) groups is 1. The highest BCUT2D eigenvalue weighted by Crippen LogP contribution is 2.50. The van der Waals surface area contributed by atoms with E-state index in [9.17, 15) is 9.18 Å². The monoisotopic (exact) mass is 429 g/mol. The summed E-state index contributed by atoms with van der Waals surface area (Å²) in [5, 5.41) is 2.50. The van der Waals surface area contributed by atoms with E-state index in [4.69, 9.17) is 14.2 Å². The lowest BCUT2D eigenvalue weighted by Crippen LogP contribution is -2.12. The number of hydrogen-bond acceptors (Lipinski definition) is 6. The molecule has 7 nitrogen and oxygen atoms in total. The summed E-state index contributed by atoms with van der Waals surface area (Å²) >= 11 is 1.42. The maximum atomic E-state index is 13.9. The van der Waals surface area contributed by atoms with E-state index in [2.05, 4.69) is 10.3 Å². The highest BCUT2D eigenvalue weighted by molar-refractivity contribution is 8.00. The number of anilines is 1. The van der Waals surface area contributed by atoms with Gasteiger partial charge in [-0.15, -0.1) is 11.8 Å². The van der Waals surface area contributed by atoms with Crippen molar-refractivity contribution in [2.75, 3.05) is 32.4 Å². The van der Waals surface area contributed by atoms with Crippen LogP contribution in [0.1, 0.15) is 16.5 Å². The number of fused-ring (bicyclic) bond motifs is 1. The second kappa shape index (κ2) is 8.27. The maximum absolute atomic E-state index is 13.9. The average molecular weight is 429 g/mol. The summed E-state index contributed by atoms with van der Waals surface area (Å²) in [4.78, 5) is 16.7. The smallest absolute Gasteiger partial charge is 0.235 e. The van der Waals surface area contributed by atoms with Crippen LogP contribution in [0, 0.1) is 5.82 Å². The number of ether oxygens (including phenoxy) is 3. The molecule has 1 N–H and O–H groups in total. The van der Waals surface area contributed by atoms with Crippen LogP contribution in [0.25, 0.3) is 5.69 Å². The van der Waals surface area contributed by atoms with Gasteiger partial charge in [-0.25, -0.2) is 9.37 Å². The first-order chi connectivity index (χ1) is 14.6. The fourth-order valence-electron chi connectivity index (χ4n) is 3.51. The average Bonchev–Trinajstić information content (AvgIpc) is 3.08. The number of imidazole rings is 1. The molecule has 2 aromatic carbocycles. The Morgan fingerprint density at radius 2 is 1.93 bits per heavy atom. The SMILES string of the molecule is COc1ccc([C@@H]2SCC(=O)Nc3ncn(-c4cccc(F)c4)c32)c(OC)c1OC. The van der Waals surface area contributed by atoms with Gasteiger partial charge in [0.15, 0.2) is 17.3 Å². The number of amides is 1. The van der Waals surface area contributed by atoms with Gasteiger partial charge in [0.25, 0.3) is 0 Å². The van der Waals surface area contributed by atoms with E-state index in [0.717, 1.165) is 5.56 Å². The standard InChI is InChI=1S/C21H20FN3O4S/c1-27-15-8-7-14(18(28-2)19(15)29-3)20-17-21(24-16(26)10-30-20)23-11-25(17)13-6-4-5-12(22)9-13/h4-9,11,20H,10H2,1-3H3,(H,24,26)/t20-/m0/s1. The zero-order valence-electron chi connectivity index (χ0n) is 16.6. The van der Waals surface area contributed by atoms with E-state index in [0.29, 0.717) is 34.4 Å². The lowest BCUT2D eigenvalue weighted by molar-refractivity contribution is -0.113. The lowest BCUT2D eigenvalue weighted by atomic mass is 10.1. The molecule has 1 amide bonds. The van der Waals surface area contributed by atoms with Gasteiger partial charge < -0.3 is 19.5 Å². The van der Waals surface area contributed by atoms with Crippen molar-refractivity contribution in [1.82, 2.24) is 9.55 Å². The van der Waals surface area contributed by atoms with Crippen LogP contribution < -0.4 is 19.5 Å². The number of halogens is 1. The van der Waals surface area contributed by atoms with E-state index >= 15 is 0 Å². The largest absolute Gasteiger partial charge is 0.493 e. The van der Waals surface area contributed by atoms with Crippen LogP contribution in [-0.2, 0) is 4.79 Å². The highest BCUT2D eigenvalue weighted by atomic mass is 32.2. The van der Waals surface area contributed by atoms with Crippen molar-refractivity contribution in [1.29, 1.82) is 0 Å². The number of carbonyl (C=O) groups excluding carboxylic acids is 1. The Kier molecular flexibility index (Phi) is 5.54. The molecule has 0 saturated heterocycles. The van der Waals surface area contributed by atoms with E-state index in [1.807, 2.05) is 6.07 Å². The van der Waals surface area contributed by atoms with Gasteiger partial charge in [-0.3, -0.25) is 9.36 Å². The van der Waals surface area contributed by atoms with E-state index in [-0.39, 0.29) is 22.7 Å². The third-order valence-corrected chi connectivity index (χ3v) is 6.03. The predicted molar refractivity (Wildman–Crippen MR) is 113 cm³/mol. The van der Waals surface area contributed by atoms with Crippen molar-refractivity contribution in [3.8, 4) is 22.9 Å². The summed E-state index contributed by atoms with van der Waals surface area (Å²) < 4.78 is 32.3. The summed E-state index contributed by atoms with van der Waals surface area (Å²) in [6.07, 6.45) is 1.58. The summed E-state index contributed by atoms with van der Waals surface area (Å²) in [5.41, 5.74) is 2.10. The van der Waals surface area contributed by atoms with E-state index in [1.54, 1.807) is 43.3 Å². The normalized spacial score (nSPS) is 15.7. The van der Waals surface area contributed by atoms with Crippen molar-refractivity contribution in [2.45, 2.75) is 5.25 Å². The number of aromatic nitrogens is 2. The molecule has 1 aromatic heterocycles. The number of rotatable bonds is 5. The predicted octanol–water partition coefficient (Wildman–Crippen LogP) is 3.81. The Labute approximate surface area is 177 Å².